The van der Waals surface area contributed by atoms with Gasteiger partial charge in [0.15, 0.2) is 11.6 Å². The summed E-state index contributed by atoms with van der Waals surface area (Å²) < 4.78 is 63.3. The highest BCUT2D eigenvalue weighted by Gasteiger charge is 2.34. The normalized spacial score (nSPS) is 14.2. The third kappa shape index (κ3) is 2.62. The Morgan fingerprint density at radius 1 is 0.760 bits per heavy atom. The van der Waals surface area contributed by atoms with Gasteiger partial charge < -0.3 is 5.73 Å². The summed E-state index contributed by atoms with van der Waals surface area (Å²) in [5.74, 6) is -1.59. The first-order valence-corrected chi connectivity index (χ1v) is 9.42. The van der Waals surface area contributed by atoms with E-state index in [1.165, 1.54) is 0 Å². The first-order chi connectivity index (χ1) is 11.4. The lowest BCUT2D eigenvalue weighted by Gasteiger charge is -2.20. The largest absolute Gasteiger partial charge is 0.397 e. The molecule has 0 amide bonds. The van der Waals surface area contributed by atoms with Gasteiger partial charge in [0.05, 0.1) is 16.1 Å². The third-order valence-electron chi connectivity index (χ3n) is 3.73. The van der Waals surface area contributed by atoms with Crippen LogP contribution in [0.3, 0.4) is 0 Å². The molecule has 0 radical (unpaired) electrons. The molecule has 11 heteroatoms. The number of fused-ring (bicyclic) bond motifs is 2. The number of carbonyl (C=O) groups is 2. The molecule has 0 saturated heterocycles. The predicted molar refractivity (Wildman–Crippen MR) is 83.8 cm³/mol. The SMILES string of the molecule is Nc1c(S(=O)(=O)O)ccc2c1C(=O)c1cc(S(=O)(=O)O)ccc1C2=O. The van der Waals surface area contributed by atoms with E-state index < -0.39 is 52.8 Å². The molecule has 1 aliphatic carbocycles. The summed E-state index contributed by atoms with van der Waals surface area (Å²) in [6.07, 6.45) is 0. The molecular formula is C14H9NO8S2. The van der Waals surface area contributed by atoms with Gasteiger partial charge in [-0.15, -0.1) is 0 Å². The Morgan fingerprint density at radius 2 is 1.36 bits per heavy atom. The van der Waals surface area contributed by atoms with Gasteiger partial charge in [0.25, 0.3) is 20.2 Å². The van der Waals surface area contributed by atoms with Gasteiger partial charge in [0.2, 0.25) is 0 Å². The summed E-state index contributed by atoms with van der Waals surface area (Å²) in [7, 11) is -9.37. The molecule has 0 unspecified atom stereocenters. The number of hydrogen-bond donors (Lipinski definition) is 3. The second-order valence-corrected chi connectivity index (χ2v) is 8.03. The van der Waals surface area contributed by atoms with Crippen LogP contribution >= 0.6 is 0 Å². The van der Waals surface area contributed by atoms with Crippen LogP contribution in [0.15, 0.2) is 40.1 Å². The van der Waals surface area contributed by atoms with E-state index in [4.69, 9.17) is 14.8 Å². The molecule has 2 aromatic rings. The topological polar surface area (TPSA) is 169 Å². The van der Waals surface area contributed by atoms with E-state index in [1.54, 1.807) is 0 Å². The van der Waals surface area contributed by atoms with Gasteiger partial charge in [-0.25, -0.2) is 0 Å². The first-order valence-electron chi connectivity index (χ1n) is 6.54. The van der Waals surface area contributed by atoms with Crippen molar-refractivity contribution in [3.8, 4) is 0 Å². The fourth-order valence-electron chi connectivity index (χ4n) is 2.61. The lowest BCUT2D eigenvalue weighted by atomic mass is 9.83. The quantitative estimate of drug-likeness (QED) is 0.422. The summed E-state index contributed by atoms with van der Waals surface area (Å²) in [4.78, 5) is 23.8. The van der Waals surface area contributed by atoms with Crippen LogP contribution in [0.1, 0.15) is 31.8 Å². The second kappa shape index (κ2) is 5.20. The van der Waals surface area contributed by atoms with Gasteiger partial charge in [-0.05, 0) is 30.3 Å². The molecule has 25 heavy (non-hydrogen) atoms. The molecule has 2 aromatic carbocycles. The Balaban J connectivity index is 2.34. The summed E-state index contributed by atoms with van der Waals surface area (Å²) in [6.45, 7) is 0. The average molecular weight is 383 g/mol. The number of hydrogen-bond acceptors (Lipinski definition) is 7. The highest BCUT2D eigenvalue weighted by molar-refractivity contribution is 7.86. The van der Waals surface area contributed by atoms with Crippen molar-refractivity contribution in [1.29, 1.82) is 0 Å². The van der Waals surface area contributed by atoms with Gasteiger partial charge in [-0.3, -0.25) is 18.7 Å². The molecule has 130 valence electrons. The molecule has 4 N–H and O–H groups in total. The lowest BCUT2D eigenvalue weighted by Crippen LogP contribution is -2.24. The zero-order chi connectivity index (χ0) is 18.7. The van der Waals surface area contributed by atoms with E-state index in [-0.39, 0.29) is 16.7 Å². The van der Waals surface area contributed by atoms with Crippen molar-refractivity contribution in [2.24, 2.45) is 0 Å². The number of benzene rings is 2. The molecule has 0 fully saturated rings. The van der Waals surface area contributed by atoms with Gasteiger partial charge in [-0.1, -0.05) is 0 Å². The van der Waals surface area contributed by atoms with Crippen LogP contribution in [0.2, 0.25) is 0 Å². The van der Waals surface area contributed by atoms with Crippen molar-refractivity contribution in [1.82, 2.24) is 0 Å². The first kappa shape index (κ1) is 17.2. The number of nitrogen functional groups attached to an aromatic ring is 1. The summed E-state index contributed by atoms with van der Waals surface area (Å²) in [5, 5.41) is 0. The fraction of sp³-hybridized carbons (Fsp3) is 0. The van der Waals surface area contributed by atoms with Crippen molar-refractivity contribution >= 4 is 37.5 Å². The van der Waals surface area contributed by atoms with Crippen LogP contribution in [0.5, 0.6) is 0 Å². The monoisotopic (exact) mass is 383 g/mol. The van der Waals surface area contributed by atoms with E-state index in [9.17, 15) is 26.4 Å². The Morgan fingerprint density at radius 3 is 1.92 bits per heavy atom. The highest BCUT2D eigenvalue weighted by atomic mass is 32.2. The number of anilines is 1. The maximum Gasteiger partial charge on any atom is 0.296 e. The van der Waals surface area contributed by atoms with E-state index >= 15 is 0 Å². The van der Waals surface area contributed by atoms with Crippen LogP contribution in [-0.4, -0.2) is 37.5 Å². The Kier molecular flexibility index (Phi) is 3.58. The predicted octanol–water partition coefficient (Wildman–Crippen LogP) is 0.538. The minimum atomic E-state index is -4.74. The van der Waals surface area contributed by atoms with Gasteiger partial charge in [0, 0.05) is 16.7 Å². The van der Waals surface area contributed by atoms with E-state index in [0.29, 0.717) is 0 Å². The minimum absolute atomic E-state index is 0.121. The van der Waals surface area contributed by atoms with E-state index in [1.807, 2.05) is 0 Å². The maximum atomic E-state index is 12.6. The van der Waals surface area contributed by atoms with Crippen LogP contribution in [0, 0.1) is 0 Å². The fourth-order valence-corrected chi connectivity index (χ4v) is 3.74. The molecule has 9 nitrogen and oxygen atoms in total. The number of carbonyl (C=O) groups excluding carboxylic acids is 2. The third-order valence-corrected chi connectivity index (χ3v) is 5.49. The summed E-state index contributed by atoms with van der Waals surface area (Å²) in [5.41, 5.74) is 3.91. The lowest BCUT2D eigenvalue weighted by molar-refractivity contribution is 0.0979. The van der Waals surface area contributed by atoms with Crippen LogP contribution in [0.4, 0.5) is 5.69 Å². The second-order valence-electron chi connectivity index (χ2n) is 5.22. The zero-order valence-electron chi connectivity index (χ0n) is 12.1. The van der Waals surface area contributed by atoms with E-state index in [0.717, 1.165) is 30.3 Å². The summed E-state index contributed by atoms with van der Waals surface area (Å²) in [6, 6.07) is 4.75. The molecule has 0 bridgehead atoms. The zero-order valence-corrected chi connectivity index (χ0v) is 13.8. The molecular weight excluding hydrogens is 374 g/mol. The van der Waals surface area contributed by atoms with Gasteiger partial charge in [0.1, 0.15) is 4.90 Å². The van der Waals surface area contributed by atoms with Crippen molar-refractivity contribution in [2.45, 2.75) is 9.79 Å². The Bertz CT molecular complexity index is 1180. The molecule has 1 aliphatic rings. The van der Waals surface area contributed by atoms with Gasteiger partial charge in [-0.2, -0.15) is 16.8 Å². The molecule has 0 atom stereocenters. The van der Waals surface area contributed by atoms with Crippen LogP contribution < -0.4 is 5.73 Å². The molecule has 0 aliphatic heterocycles. The number of rotatable bonds is 2. The Hall–Kier alpha value is -2.60. The maximum absolute atomic E-state index is 12.6. The molecule has 0 aromatic heterocycles. The van der Waals surface area contributed by atoms with Gasteiger partial charge >= 0.3 is 0 Å². The molecule has 0 heterocycles. The number of nitrogens with two attached hydrogens (primary N) is 1. The standard InChI is InChI=1S/C14H9NO8S2/c15-12-10(25(21,22)23)4-3-8-11(12)14(17)9-5-6(24(18,19)20)1-2-7(9)13(8)16/h1-5H,15H2,(H,18,19,20)(H,21,22,23). The molecule has 0 spiro atoms. The molecule has 3 rings (SSSR count). The minimum Gasteiger partial charge on any atom is -0.397 e. The smallest absolute Gasteiger partial charge is 0.296 e. The van der Waals surface area contributed by atoms with E-state index in [2.05, 4.69) is 0 Å². The van der Waals surface area contributed by atoms with Crippen molar-refractivity contribution in [2.75, 3.05) is 5.73 Å². The number of ketones is 2. The highest BCUT2D eigenvalue weighted by Crippen LogP contribution is 2.35. The molecule has 0 saturated carbocycles. The summed E-state index contributed by atoms with van der Waals surface area (Å²) >= 11 is 0. The van der Waals surface area contributed by atoms with Crippen molar-refractivity contribution < 1.29 is 35.5 Å². The Labute approximate surface area is 141 Å². The van der Waals surface area contributed by atoms with Crippen molar-refractivity contribution in [3.05, 3.63) is 52.6 Å². The van der Waals surface area contributed by atoms with Crippen molar-refractivity contribution in [3.63, 3.8) is 0 Å². The van der Waals surface area contributed by atoms with Crippen LogP contribution in [-0.2, 0) is 20.2 Å². The average Bonchev–Trinajstić information content (AvgIpc) is 2.49. The van der Waals surface area contributed by atoms with Crippen LogP contribution in [0.25, 0.3) is 0 Å².